The van der Waals surface area contributed by atoms with E-state index in [4.69, 9.17) is 9.47 Å². The minimum atomic E-state index is 0.222. The molecule has 0 saturated heterocycles. The van der Waals surface area contributed by atoms with Gasteiger partial charge in [-0.15, -0.1) is 0 Å². The third-order valence-electron chi connectivity index (χ3n) is 3.36. The minimum Gasteiger partial charge on any atom is -0.493 e. The number of Topliss-reactive ketones (excluding diaryl/α,β-unsaturated/α-hetero) is 1. The van der Waals surface area contributed by atoms with E-state index in [0.717, 1.165) is 24.0 Å². The molecule has 0 N–H and O–H groups in total. The lowest BCUT2D eigenvalue weighted by atomic mass is 9.96. The van der Waals surface area contributed by atoms with Crippen LogP contribution in [-0.2, 0) is 0 Å². The fourth-order valence-corrected chi connectivity index (χ4v) is 2.52. The molecule has 0 aliphatic heterocycles. The molecular formula is C14H18O3. The van der Waals surface area contributed by atoms with E-state index >= 15 is 0 Å². The highest BCUT2D eigenvalue weighted by atomic mass is 16.5. The molecule has 0 heterocycles. The molecule has 3 nitrogen and oxygen atoms in total. The number of hydrogen-bond acceptors (Lipinski definition) is 3. The summed E-state index contributed by atoms with van der Waals surface area (Å²) in [5.41, 5.74) is 1.93. The summed E-state index contributed by atoms with van der Waals surface area (Å²) in [4.78, 5) is 11.9. The van der Waals surface area contributed by atoms with Gasteiger partial charge >= 0.3 is 0 Å². The Labute approximate surface area is 102 Å². The Kier molecular flexibility index (Phi) is 3.36. The maximum Gasteiger partial charge on any atom is 0.163 e. The largest absolute Gasteiger partial charge is 0.493 e. The normalized spacial score (nSPS) is 18.1. The lowest BCUT2D eigenvalue weighted by Crippen LogP contribution is -1.97. The summed E-state index contributed by atoms with van der Waals surface area (Å²) in [5.74, 6) is 1.92. The Balaban J connectivity index is 2.47. The fraction of sp³-hybridized carbons (Fsp3) is 0.500. The monoisotopic (exact) mass is 234 g/mol. The third-order valence-corrected chi connectivity index (χ3v) is 3.36. The summed E-state index contributed by atoms with van der Waals surface area (Å²) in [6, 6.07) is 3.77. The van der Waals surface area contributed by atoms with Crippen LogP contribution in [0.5, 0.6) is 11.5 Å². The third kappa shape index (κ3) is 2.02. The Morgan fingerprint density at radius 2 is 1.88 bits per heavy atom. The molecule has 1 atom stereocenters. The van der Waals surface area contributed by atoms with Crippen LogP contribution < -0.4 is 9.47 Å². The molecular weight excluding hydrogens is 216 g/mol. The first-order chi connectivity index (χ1) is 8.21. The van der Waals surface area contributed by atoms with Crippen molar-refractivity contribution in [1.82, 2.24) is 0 Å². The van der Waals surface area contributed by atoms with E-state index in [-0.39, 0.29) is 5.78 Å². The van der Waals surface area contributed by atoms with E-state index < -0.39 is 0 Å². The average Bonchev–Trinajstić information content (AvgIpc) is 2.65. The van der Waals surface area contributed by atoms with E-state index in [1.165, 1.54) is 0 Å². The topological polar surface area (TPSA) is 35.5 Å². The number of carbonyl (C=O) groups excluding carboxylic acids is 1. The quantitative estimate of drug-likeness (QED) is 0.802. The van der Waals surface area contributed by atoms with Crippen molar-refractivity contribution < 1.29 is 14.3 Å². The summed E-state index contributed by atoms with van der Waals surface area (Å²) in [6.07, 6.45) is 2.76. The second-order valence-corrected chi connectivity index (χ2v) is 4.41. The molecule has 3 heteroatoms. The van der Waals surface area contributed by atoms with Crippen molar-refractivity contribution in [2.24, 2.45) is 0 Å². The molecule has 1 aromatic rings. The molecule has 0 aromatic heterocycles. The predicted octanol–water partition coefficient (Wildman–Crippen LogP) is 3.17. The molecule has 0 radical (unpaired) electrons. The van der Waals surface area contributed by atoms with Gasteiger partial charge < -0.3 is 9.47 Å². The van der Waals surface area contributed by atoms with Crippen molar-refractivity contribution in [1.29, 1.82) is 0 Å². The van der Waals surface area contributed by atoms with Gasteiger partial charge in [0.15, 0.2) is 17.3 Å². The lowest BCUT2D eigenvalue weighted by molar-refractivity contribution is 0.0987. The highest BCUT2D eigenvalue weighted by Crippen LogP contribution is 2.42. The minimum absolute atomic E-state index is 0.222. The van der Waals surface area contributed by atoms with Crippen molar-refractivity contribution >= 4 is 5.78 Å². The fourth-order valence-electron chi connectivity index (χ4n) is 2.52. The van der Waals surface area contributed by atoms with Crippen LogP contribution in [0.3, 0.4) is 0 Å². The summed E-state index contributed by atoms with van der Waals surface area (Å²) in [6.45, 7) is 2.14. The Morgan fingerprint density at radius 3 is 2.47 bits per heavy atom. The maximum absolute atomic E-state index is 11.9. The molecule has 1 aliphatic carbocycles. The van der Waals surface area contributed by atoms with Crippen molar-refractivity contribution in [3.8, 4) is 11.5 Å². The van der Waals surface area contributed by atoms with Crippen LogP contribution in [0.4, 0.5) is 0 Å². The second kappa shape index (κ2) is 4.78. The van der Waals surface area contributed by atoms with Gasteiger partial charge in [0.25, 0.3) is 0 Å². The van der Waals surface area contributed by atoms with Gasteiger partial charge in [0.1, 0.15) is 0 Å². The van der Waals surface area contributed by atoms with Crippen LogP contribution >= 0.6 is 0 Å². The van der Waals surface area contributed by atoms with E-state index in [1.54, 1.807) is 14.2 Å². The van der Waals surface area contributed by atoms with Crippen molar-refractivity contribution in [2.75, 3.05) is 14.2 Å². The van der Waals surface area contributed by atoms with Gasteiger partial charge in [-0.05, 0) is 30.0 Å². The van der Waals surface area contributed by atoms with Crippen LogP contribution in [-0.4, -0.2) is 20.0 Å². The van der Waals surface area contributed by atoms with Crippen LogP contribution in [0, 0.1) is 0 Å². The van der Waals surface area contributed by atoms with Crippen molar-refractivity contribution in [3.63, 3.8) is 0 Å². The predicted molar refractivity (Wildman–Crippen MR) is 66.1 cm³/mol. The molecule has 1 aliphatic rings. The summed E-state index contributed by atoms with van der Waals surface area (Å²) >= 11 is 0. The molecule has 0 fully saturated rings. The van der Waals surface area contributed by atoms with Gasteiger partial charge in [0.2, 0.25) is 0 Å². The van der Waals surface area contributed by atoms with Crippen LogP contribution in [0.1, 0.15) is 48.0 Å². The first-order valence-electron chi connectivity index (χ1n) is 6.00. The number of ether oxygens (including phenoxy) is 2. The number of carbonyl (C=O) groups is 1. The van der Waals surface area contributed by atoms with Gasteiger partial charge in [0.05, 0.1) is 14.2 Å². The lowest BCUT2D eigenvalue weighted by Gasteiger charge is -2.13. The van der Waals surface area contributed by atoms with Crippen molar-refractivity contribution in [3.05, 3.63) is 23.3 Å². The molecule has 17 heavy (non-hydrogen) atoms. The second-order valence-electron chi connectivity index (χ2n) is 4.41. The van der Waals surface area contributed by atoms with Gasteiger partial charge in [-0.25, -0.2) is 0 Å². The highest BCUT2D eigenvalue weighted by Gasteiger charge is 2.30. The summed E-state index contributed by atoms with van der Waals surface area (Å²) in [7, 11) is 3.21. The SMILES string of the molecule is CCCC1CC(=O)c2cc(OC)c(OC)cc21. The summed E-state index contributed by atoms with van der Waals surface area (Å²) in [5, 5.41) is 0. The molecule has 0 bridgehead atoms. The van der Waals surface area contributed by atoms with Gasteiger partial charge in [0, 0.05) is 12.0 Å². The van der Waals surface area contributed by atoms with Crippen LogP contribution in [0.15, 0.2) is 12.1 Å². The standard InChI is InChI=1S/C14H18O3/c1-4-5-9-6-12(15)11-8-14(17-3)13(16-2)7-10(9)11/h7-9H,4-6H2,1-3H3. The van der Waals surface area contributed by atoms with Gasteiger partial charge in [-0.1, -0.05) is 13.3 Å². The number of ketones is 1. The number of methoxy groups -OCH3 is 2. The van der Waals surface area contributed by atoms with E-state index in [1.807, 2.05) is 12.1 Å². The van der Waals surface area contributed by atoms with Gasteiger partial charge in [-0.3, -0.25) is 4.79 Å². The van der Waals surface area contributed by atoms with E-state index in [9.17, 15) is 4.79 Å². The first-order valence-corrected chi connectivity index (χ1v) is 6.00. The molecule has 1 unspecified atom stereocenters. The molecule has 0 amide bonds. The zero-order valence-electron chi connectivity index (χ0n) is 10.6. The van der Waals surface area contributed by atoms with Crippen LogP contribution in [0.25, 0.3) is 0 Å². The number of hydrogen-bond donors (Lipinski definition) is 0. The molecule has 0 spiro atoms. The van der Waals surface area contributed by atoms with E-state index in [0.29, 0.717) is 23.8 Å². The van der Waals surface area contributed by atoms with Crippen molar-refractivity contribution in [2.45, 2.75) is 32.1 Å². The number of benzene rings is 1. The van der Waals surface area contributed by atoms with E-state index in [2.05, 4.69) is 6.92 Å². The molecule has 92 valence electrons. The zero-order chi connectivity index (χ0) is 12.4. The Morgan fingerprint density at radius 1 is 1.24 bits per heavy atom. The Hall–Kier alpha value is -1.51. The molecule has 1 aromatic carbocycles. The smallest absolute Gasteiger partial charge is 0.163 e. The maximum atomic E-state index is 11.9. The average molecular weight is 234 g/mol. The highest BCUT2D eigenvalue weighted by molar-refractivity contribution is 6.02. The summed E-state index contributed by atoms with van der Waals surface area (Å²) < 4.78 is 10.5. The zero-order valence-corrected chi connectivity index (χ0v) is 10.6. The number of rotatable bonds is 4. The Bertz CT molecular complexity index is 437. The molecule has 0 saturated carbocycles. The van der Waals surface area contributed by atoms with Gasteiger partial charge in [-0.2, -0.15) is 0 Å². The van der Waals surface area contributed by atoms with Crippen LogP contribution in [0.2, 0.25) is 0 Å². The number of fused-ring (bicyclic) bond motifs is 1. The molecule has 2 rings (SSSR count). The first kappa shape index (κ1) is 12.0.